The molecule has 2 aliphatic rings. The number of ether oxygens (including phenoxy) is 4. The van der Waals surface area contributed by atoms with Crippen molar-refractivity contribution in [2.24, 2.45) is 5.16 Å². The summed E-state index contributed by atoms with van der Waals surface area (Å²) < 4.78 is 22.6. The summed E-state index contributed by atoms with van der Waals surface area (Å²) in [6, 6.07) is 0. The molecule has 0 radical (unpaired) electrons. The predicted octanol–water partition coefficient (Wildman–Crippen LogP) is 1.28. The fourth-order valence-electron chi connectivity index (χ4n) is 2.12. The van der Waals surface area contributed by atoms with Crippen molar-refractivity contribution < 1.29 is 24.2 Å². The maximum atomic E-state index is 8.62. The SMILES string of the molecule is C=C(C)CO[C@@H]1[C@H]2OC(C)(C)O[C@H]2O[C@@H]1/C=N/O. The highest BCUT2D eigenvalue weighted by molar-refractivity contribution is 5.64. The third-order valence-corrected chi connectivity index (χ3v) is 2.76. The maximum absolute atomic E-state index is 8.62. The first-order valence-electron chi connectivity index (χ1n) is 5.87. The van der Waals surface area contributed by atoms with E-state index in [1.54, 1.807) is 0 Å². The van der Waals surface area contributed by atoms with E-state index in [1.807, 2.05) is 20.8 Å². The number of hydrogen-bond donors (Lipinski definition) is 1. The van der Waals surface area contributed by atoms with Crippen LogP contribution in [-0.4, -0.2) is 48.4 Å². The lowest BCUT2D eigenvalue weighted by Crippen LogP contribution is -2.37. The molecule has 102 valence electrons. The van der Waals surface area contributed by atoms with Crippen LogP contribution in [0.4, 0.5) is 0 Å². The Morgan fingerprint density at radius 2 is 2.22 bits per heavy atom. The Morgan fingerprint density at radius 1 is 1.50 bits per heavy atom. The molecule has 4 atom stereocenters. The Kier molecular flexibility index (Phi) is 3.72. The maximum Gasteiger partial charge on any atom is 0.190 e. The van der Waals surface area contributed by atoms with Gasteiger partial charge in [0.2, 0.25) is 0 Å². The van der Waals surface area contributed by atoms with E-state index >= 15 is 0 Å². The van der Waals surface area contributed by atoms with E-state index < -0.39 is 18.2 Å². The zero-order valence-corrected chi connectivity index (χ0v) is 10.8. The third kappa shape index (κ3) is 2.72. The van der Waals surface area contributed by atoms with Crippen LogP contribution < -0.4 is 0 Å². The number of nitrogens with zero attached hydrogens (tertiary/aromatic N) is 1. The summed E-state index contributed by atoms with van der Waals surface area (Å²) in [5.41, 5.74) is 0.899. The quantitative estimate of drug-likeness (QED) is 0.355. The van der Waals surface area contributed by atoms with Crippen molar-refractivity contribution in [3.05, 3.63) is 12.2 Å². The van der Waals surface area contributed by atoms with Crippen LogP contribution in [0.15, 0.2) is 17.3 Å². The Balaban J connectivity index is 2.07. The van der Waals surface area contributed by atoms with Gasteiger partial charge in [-0.25, -0.2) is 0 Å². The first-order valence-corrected chi connectivity index (χ1v) is 5.87. The molecule has 0 saturated carbocycles. The van der Waals surface area contributed by atoms with Crippen LogP contribution in [0.25, 0.3) is 0 Å². The zero-order valence-electron chi connectivity index (χ0n) is 10.8. The van der Waals surface area contributed by atoms with Crippen LogP contribution >= 0.6 is 0 Å². The summed E-state index contributed by atoms with van der Waals surface area (Å²) in [5.74, 6) is -0.693. The molecule has 2 fully saturated rings. The molecule has 0 unspecified atom stereocenters. The van der Waals surface area contributed by atoms with Crippen molar-refractivity contribution in [2.45, 2.75) is 51.2 Å². The van der Waals surface area contributed by atoms with Crippen LogP contribution in [0, 0.1) is 0 Å². The fourth-order valence-corrected chi connectivity index (χ4v) is 2.12. The highest BCUT2D eigenvalue weighted by Crippen LogP contribution is 2.38. The van der Waals surface area contributed by atoms with E-state index in [0.29, 0.717) is 6.61 Å². The molecule has 0 amide bonds. The monoisotopic (exact) mass is 257 g/mol. The van der Waals surface area contributed by atoms with E-state index in [1.165, 1.54) is 6.21 Å². The van der Waals surface area contributed by atoms with E-state index in [0.717, 1.165) is 5.57 Å². The van der Waals surface area contributed by atoms with Crippen molar-refractivity contribution in [3.63, 3.8) is 0 Å². The molecule has 0 aromatic rings. The average molecular weight is 257 g/mol. The summed E-state index contributed by atoms with van der Waals surface area (Å²) in [6.45, 7) is 9.69. The Labute approximate surface area is 106 Å². The van der Waals surface area contributed by atoms with E-state index in [2.05, 4.69) is 11.7 Å². The van der Waals surface area contributed by atoms with Gasteiger partial charge >= 0.3 is 0 Å². The lowest BCUT2D eigenvalue weighted by Gasteiger charge is -2.24. The van der Waals surface area contributed by atoms with Gasteiger partial charge in [0.05, 0.1) is 12.8 Å². The van der Waals surface area contributed by atoms with E-state index in [-0.39, 0.29) is 12.2 Å². The topological polar surface area (TPSA) is 69.5 Å². The van der Waals surface area contributed by atoms with Gasteiger partial charge in [0, 0.05) is 0 Å². The van der Waals surface area contributed by atoms with Gasteiger partial charge in [0.15, 0.2) is 12.1 Å². The predicted molar refractivity (Wildman–Crippen MR) is 63.5 cm³/mol. The largest absolute Gasteiger partial charge is 0.411 e. The first-order chi connectivity index (χ1) is 8.43. The molecule has 6 heteroatoms. The highest BCUT2D eigenvalue weighted by Gasteiger charge is 2.55. The second kappa shape index (κ2) is 4.97. The molecule has 0 aliphatic carbocycles. The van der Waals surface area contributed by atoms with Crippen molar-refractivity contribution >= 4 is 6.21 Å². The Bertz CT molecular complexity index is 354. The zero-order chi connectivity index (χ0) is 13.3. The molecule has 2 rings (SSSR count). The van der Waals surface area contributed by atoms with E-state index in [4.69, 9.17) is 24.2 Å². The van der Waals surface area contributed by atoms with Crippen molar-refractivity contribution in [3.8, 4) is 0 Å². The van der Waals surface area contributed by atoms with Gasteiger partial charge < -0.3 is 24.2 Å². The Morgan fingerprint density at radius 3 is 2.83 bits per heavy atom. The normalized spacial score (nSPS) is 38.2. The molecule has 0 aromatic carbocycles. The van der Waals surface area contributed by atoms with Crippen LogP contribution in [0.3, 0.4) is 0 Å². The van der Waals surface area contributed by atoms with Crippen LogP contribution in [-0.2, 0) is 18.9 Å². The van der Waals surface area contributed by atoms with Crippen LogP contribution in [0.5, 0.6) is 0 Å². The van der Waals surface area contributed by atoms with E-state index in [9.17, 15) is 0 Å². The molecular weight excluding hydrogens is 238 g/mol. The van der Waals surface area contributed by atoms with Crippen molar-refractivity contribution in [2.75, 3.05) is 6.61 Å². The lowest BCUT2D eigenvalue weighted by molar-refractivity contribution is -0.209. The average Bonchev–Trinajstić information content (AvgIpc) is 2.68. The summed E-state index contributed by atoms with van der Waals surface area (Å²) >= 11 is 0. The summed E-state index contributed by atoms with van der Waals surface area (Å²) in [5, 5.41) is 11.6. The highest BCUT2D eigenvalue weighted by atomic mass is 16.8. The molecule has 2 saturated heterocycles. The van der Waals surface area contributed by atoms with Gasteiger partial charge in [-0.3, -0.25) is 0 Å². The number of hydrogen-bond acceptors (Lipinski definition) is 6. The standard InChI is InChI=1S/C12H19NO5/c1-7(2)6-15-9-8(5-13-14)16-11-10(9)17-12(3,4)18-11/h5,8-11,14H,1,6H2,2-4H3/b13-5+/t8-,9+,10-,11-/m1/s1. The third-order valence-electron chi connectivity index (χ3n) is 2.76. The smallest absolute Gasteiger partial charge is 0.190 e. The molecular formula is C12H19NO5. The van der Waals surface area contributed by atoms with Gasteiger partial charge in [0.25, 0.3) is 0 Å². The molecule has 0 aromatic heterocycles. The van der Waals surface area contributed by atoms with Gasteiger partial charge in [-0.15, -0.1) is 0 Å². The minimum atomic E-state index is -0.693. The number of rotatable bonds is 4. The lowest BCUT2D eigenvalue weighted by atomic mass is 10.1. The van der Waals surface area contributed by atoms with Crippen LogP contribution in [0.2, 0.25) is 0 Å². The molecule has 0 spiro atoms. The summed E-state index contributed by atoms with van der Waals surface area (Å²) in [7, 11) is 0. The summed E-state index contributed by atoms with van der Waals surface area (Å²) in [4.78, 5) is 0. The minimum Gasteiger partial charge on any atom is -0.411 e. The molecule has 1 N–H and O–H groups in total. The number of fused-ring (bicyclic) bond motifs is 1. The van der Waals surface area contributed by atoms with Gasteiger partial charge in [0.1, 0.15) is 18.3 Å². The fraction of sp³-hybridized carbons (Fsp3) is 0.750. The van der Waals surface area contributed by atoms with Gasteiger partial charge in [-0.2, -0.15) is 0 Å². The van der Waals surface area contributed by atoms with Crippen LogP contribution in [0.1, 0.15) is 20.8 Å². The molecule has 2 heterocycles. The summed E-state index contributed by atoms with van der Waals surface area (Å²) in [6.07, 6.45) is -0.411. The second-order valence-corrected chi connectivity index (χ2v) is 5.07. The molecule has 18 heavy (non-hydrogen) atoms. The van der Waals surface area contributed by atoms with Crippen molar-refractivity contribution in [1.29, 1.82) is 0 Å². The van der Waals surface area contributed by atoms with Gasteiger partial charge in [-0.05, 0) is 20.8 Å². The van der Waals surface area contributed by atoms with Crippen molar-refractivity contribution in [1.82, 2.24) is 0 Å². The molecule has 0 bridgehead atoms. The Hall–Kier alpha value is -0.950. The second-order valence-electron chi connectivity index (χ2n) is 5.07. The number of oxime groups is 1. The molecule has 6 nitrogen and oxygen atoms in total. The molecule has 2 aliphatic heterocycles. The first kappa shape index (κ1) is 13.5. The van der Waals surface area contributed by atoms with Gasteiger partial charge in [-0.1, -0.05) is 17.3 Å². The minimum absolute atomic E-state index is 0.331.